The van der Waals surface area contributed by atoms with E-state index >= 15 is 0 Å². The largest absolute Gasteiger partial charge is 0.480 e. The van der Waals surface area contributed by atoms with E-state index in [4.69, 9.17) is 14.3 Å². The van der Waals surface area contributed by atoms with Crippen molar-refractivity contribution in [2.45, 2.75) is 6.61 Å². The first-order valence-corrected chi connectivity index (χ1v) is 6.47. The van der Waals surface area contributed by atoms with Crippen LogP contribution in [0.15, 0.2) is 15.9 Å². The minimum Gasteiger partial charge on any atom is -0.480 e. The molecule has 2 aromatic rings. The summed E-state index contributed by atoms with van der Waals surface area (Å²) in [5, 5.41) is 17.9. The number of carboxylic acids is 1. The van der Waals surface area contributed by atoms with Crippen LogP contribution in [0, 0.1) is 2.88 Å². The van der Waals surface area contributed by atoms with Gasteiger partial charge in [-0.15, -0.1) is 21.5 Å². The van der Waals surface area contributed by atoms with Crippen LogP contribution in [0.2, 0.25) is 0 Å². The van der Waals surface area contributed by atoms with E-state index in [1.807, 2.05) is 11.4 Å². The second kappa shape index (κ2) is 5.56. The molecule has 2 rings (SSSR count). The number of thiophene rings is 1. The van der Waals surface area contributed by atoms with Crippen molar-refractivity contribution in [3.63, 3.8) is 0 Å². The van der Waals surface area contributed by atoms with E-state index in [1.165, 1.54) is 0 Å². The molecule has 1 N–H and O–H groups in total. The maximum Gasteiger partial charge on any atom is 0.329 e. The molecule has 2 heterocycles. The van der Waals surface area contributed by atoms with E-state index in [1.54, 1.807) is 11.3 Å². The van der Waals surface area contributed by atoms with Crippen LogP contribution in [0.25, 0.3) is 11.5 Å². The lowest BCUT2D eigenvalue weighted by Crippen LogP contribution is -2.06. The minimum atomic E-state index is -1.03. The van der Waals surface area contributed by atoms with Gasteiger partial charge in [0.05, 0.1) is 8.45 Å². The van der Waals surface area contributed by atoms with Gasteiger partial charge in [-0.1, -0.05) is 0 Å². The average molecular weight is 366 g/mol. The molecule has 0 radical (unpaired) electrons. The van der Waals surface area contributed by atoms with Gasteiger partial charge in [0.2, 0.25) is 11.8 Å². The Kier molecular flexibility index (Phi) is 4.07. The summed E-state index contributed by atoms with van der Waals surface area (Å²) in [5.41, 5.74) is 0.858. The zero-order valence-corrected chi connectivity index (χ0v) is 11.4. The Morgan fingerprint density at radius 2 is 2.41 bits per heavy atom. The van der Waals surface area contributed by atoms with Crippen molar-refractivity contribution < 1.29 is 19.1 Å². The Bertz CT molecular complexity index is 525. The molecule has 0 aromatic carbocycles. The highest BCUT2D eigenvalue weighted by atomic mass is 127. The van der Waals surface area contributed by atoms with Crippen LogP contribution in [0.1, 0.15) is 5.89 Å². The van der Waals surface area contributed by atoms with E-state index < -0.39 is 5.97 Å². The number of nitrogens with zero attached hydrogens (tertiary/aromatic N) is 2. The molecule has 0 atom stereocenters. The molecule has 2 aromatic heterocycles. The fourth-order valence-electron chi connectivity index (χ4n) is 1.08. The average Bonchev–Trinajstić information content (AvgIpc) is 2.86. The van der Waals surface area contributed by atoms with Crippen molar-refractivity contribution in [1.82, 2.24) is 10.2 Å². The highest BCUT2D eigenvalue weighted by molar-refractivity contribution is 14.1. The van der Waals surface area contributed by atoms with Gasteiger partial charge in [0.15, 0.2) is 0 Å². The number of aliphatic carboxylic acids is 1. The van der Waals surface area contributed by atoms with Crippen LogP contribution in [0.5, 0.6) is 0 Å². The lowest BCUT2D eigenvalue weighted by Gasteiger charge is -1.94. The fourth-order valence-corrected chi connectivity index (χ4v) is 2.40. The summed E-state index contributed by atoms with van der Waals surface area (Å²) in [6, 6.07) is 1.93. The predicted molar refractivity (Wildman–Crippen MR) is 67.6 cm³/mol. The Morgan fingerprint density at radius 1 is 1.59 bits per heavy atom. The van der Waals surface area contributed by atoms with E-state index in [2.05, 4.69) is 32.8 Å². The quantitative estimate of drug-likeness (QED) is 0.815. The standard InChI is InChI=1S/C9H7IN2O4S/c10-6-1-5(4-17-6)9-12-11-7(16-9)2-15-3-8(13)14/h1,4H,2-3H2,(H,13,14). The lowest BCUT2D eigenvalue weighted by molar-refractivity contribution is -0.142. The molecule has 8 heteroatoms. The van der Waals surface area contributed by atoms with Crippen LogP contribution >= 0.6 is 33.9 Å². The number of carboxylic acid groups (broad SMARTS) is 1. The molecule has 0 aliphatic heterocycles. The molecule has 17 heavy (non-hydrogen) atoms. The summed E-state index contributed by atoms with van der Waals surface area (Å²) < 4.78 is 11.3. The molecule has 6 nitrogen and oxygen atoms in total. The summed E-state index contributed by atoms with van der Waals surface area (Å²) in [6.45, 7) is -0.380. The third-order valence-electron chi connectivity index (χ3n) is 1.73. The highest BCUT2D eigenvalue weighted by Crippen LogP contribution is 2.25. The van der Waals surface area contributed by atoms with Gasteiger partial charge >= 0.3 is 5.97 Å². The van der Waals surface area contributed by atoms with Crippen molar-refractivity contribution >= 4 is 39.9 Å². The highest BCUT2D eigenvalue weighted by Gasteiger charge is 2.10. The topological polar surface area (TPSA) is 85.5 Å². The number of aromatic nitrogens is 2. The van der Waals surface area contributed by atoms with Crippen LogP contribution in [-0.4, -0.2) is 27.9 Å². The molecular weight excluding hydrogens is 359 g/mol. The lowest BCUT2D eigenvalue weighted by atomic mass is 10.3. The second-order valence-electron chi connectivity index (χ2n) is 3.03. The Balaban J connectivity index is 1.98. The number of carbonyl (C=O) groups is 1. The number of ether oxygens (including phenoxy) is 1. The number of rotatable bonds is 5. The summed E-state index contributed by atoms with van der Waals surface area (Å²) in [6.07, 6.45) is 0. The smallest absolute Gasteiger partial charge is 0.329 e. The summed E-state index contributed by atoms with van der Waals surface area (Å²) >= 11 is 3.78. The fraction of sp³-hybridized carbons (Fsp3) is 0.222. The Morgan fingerprint density at radius 3 is 3.06 bits per heavy atom. The van der Waals surface area contributed by atoms with Crippen molar-refractivity contribution in [1.29, 1.82) is 0 Å². The van der Waals surface area contributed by atoms with Crippen LogP contribution in [0.4, 0.5) is 0 Å². The predicted octanol–water partition coefficient (Wildman–Crippen LogP) is 2.00. The van der Waals surface area contributed by atoms with Crippen LogP contribution in [0.3, 0.4) is 0 Å². The summed E-state index contributed by atoms with van der Waals surface area (Å²) in [7, 11) is 0. The van der Waals surface area contributed by atoms with Crippen molar-refractivity contribution in [3.8, 4) is 11.5 Å². The first-order valence-electron chi connectivity index (χ1n) is 4.51. The van der Waals surface area contributed by atoms with Gasteiger partial charge in [-0.05, 0) is 28.7 Å². The van der Waals surface area contributed by atoms with E-state index in [-0.39, 0.29) is 19.1 Å². The monoisotopic (exact) mass is 366 g/mol. The van der Waals surface area contributed by atoms with Gasteiger partial charge in [0.1, 0.15) is 13.2 Å². The molecule has 0 bridgehead atoms. The van der Waals surface area contributed by atoms with E-state index in [0.717, 1.165) is 8.45 Å². The minimum absolute atomic E-state index is 0.000525. The van der Waals surface area contributed by atoms with Crippen LogP contribution < -0.4 is 0 Å². The van der Waals surface area contributed by atoms with Crippen LogP contribution in [-0.2, 0) is 16.1 Å². The Hall–Kier alpha value is -1.00. The third kappa shape index (κ3) is 3.48. The molecule has 0 aliphatic carbocycles. The first-order chi connectivity index (χ1) is 8.15. The van der Waals surface area contributed by atoms with Crippen molar-refractivity contribution in [3.05, 3.63) is 20.2 Å². The molecule has 0 fully saturated rings. The molecule has 0 saturated carbocycles. The molecule has 0 saturated heterocycles. The molecule has 90 valence electrons. The zero-order valence-electron chi connectivity index (χ0n) is 8.42. The third-order valence-corrected chi connectivity index (χ3v) is 3.52. The van der Waals surface area contributed by atoms with Gasteiger partial charge in [0, 0.05) is 5.38 Å². The van der Waals surface area contributed by atoms with E-state index in [0.29, 0.717) is 5.89 Å². The number of hydrogen-bond acceptors (Lipinski definition) is 6. The van der Waals surface area contributed by atoms with Gasteiger partial charge in [-0.25, -0.2) is 4.79 Å². The first kappa shape index (κ1) is 12.5. The number of halogens is 1. The SMILES string of the molecule is O=C(O)COCc1nnc(-c2csc(I)c2)o1. The van der Waals surface area contributed by atoms with Gasteiger partial charge in [-0.2, -0.15) is 0 Å². The maximum absolute atomic E-state index is 10.2. The molecule has 0 spiro atoms. The van der Waals surface area contributed by atoms with Crippen molar-refractivity contribution in [2.24, 2.45) is 0 Å². The van der Waals surface area contributed by atoms with Gasteiger partial charge < -0.3 is 14.3 Å². The zero-order chi connectivity index (χ0) is 12.3. The van der Waals surface area contributed by atoms with Gasteiger partial charge in [-0.3, -0.25) is 0 Å². The summed E-state index contributed by atoms with van der Waals surface area (Å²) in [5.74, 6) is -0.349. The molecular formula is C9H7IN2O4S. The normalized spacial score (nSPS) is 10.6. The van der Waals surface area contributed by atoms with E-state index in [9.17, 15) is 4.79 Å². The van der Waals surface area contributed by atoms with Crippen molar-refractivity contribution in [2.75, 3.05) is 6.61 Å². The maximum atomic E-state index is 10.2. The van der Waals surface area contributed by atoms with Gasteiger partial charge in [0.25, 0.3) is 0 Å². The summed E-state index contributed by atoms with van der Waals surface area (Å²) in [4.78, 5) is 10.2. The molecule has 0 aliphatic rings. The Labute approximate surface area is 114 Å². The number of hydrogen-bond donors (Lipinski definition) is 1. The molecule has 0 amide bonds. The second-order valence-corrected chi connectivity index (χ2v) is 5.83. The molecule has 0 unspecified atom stereocenters.